The molecule has 0 fully saturated rings. The van der Waals surface area contributed by atoms with Crippen molar-refractivity contribution in [1.29, 1.82) is 0 Å². The average molecular weight is 284 g/mol. The highest BCUT2D eigenvalue weighted by molar-refractivity contribution is 6.13. The van der Waals surface area contributed by atoms with Crippen LogP contribution in [0.2, 0.25) is 0 Å². The first kappa shape index (κ1) is 14.6. The van der Waals surface area contributed by atoms with Gasteiger partial charge in [0.1, 0.15) is 5.75 Å². The van der Waals surface area contributed by atoms with Crippen molar-refractivity contribution >= 4 is 11.8 Å². The summed E-state index contributed by atoms with van der Waals surface area (Å²) in [7, 11) is 2.90. The monoisotopic (exact) mass is 284 g/mol. The molecule has 0 saturated carbocycles. The molecule has 1 amide bonds. The van der Waals surface area contributed by atoms with E-state index < -0.39 is 6.09 Å². The van der Waals surface area contributed by atoms with Gasteiger partial charge in [-0.25, -0.2) is 10.2 Å². The number of rotatable bonds is 4. The lowest BCUT2D eigenvalue weighted by atomic mass is 10.0. The van der Waals surface area contributed by atoms with Gasteiger partial charge in [0.15, 0.2) is 0 Å². The quantitative estimate of drug-likeness (QED) is 0.693. The molecule has 5 nitrogen and oxygen atoms in total. The zero-order chi connectivity index (χ0) is 15.1. The summed E-state index contributed by atoms with van der Waals surface area (Å²) >= 11 is 0. The number of nitrogens with one attached hydrogen (secondary N) is 1. The third-order valence-corrected chi connectivity index (χ3v) is 2.86. The van der Waals surface area contributed by atoms with Gasteiger partial charge >= 0.3 is 6.09 Å². The third kappa shape index (κ3) is 3.82. The summed E-state index contributed by atoms with van der Waals surface area (Å²) in [5, 5.41) is 4.14. The number of methoxy groups -OCH3 is 2. The molecule has 0 aliphatic carbocycles. The second kappa shape index (κ2) is 7.09. The van der Waals surface area contributed by atoms with Crippen LogP contribution in [0.25, 0.3) is 0 Å². The molecule has 108 valence electrons. The van der Waals surface area contributed by atoms with E-state index in [0.29, 0.717) is 5.71 Å². The number of hydrazone groups is 1. The first-order valence-electron chi connectivity index (χ1n) is 6.36. The summed E-state index contributed by atoms with van der Waals surface area (Å²) in [6.45, 7) is 0. The van der Waals surface area contributed by atoms with Crippen LogP contribution in [0.5, 0.6) is 5.75 Å². The molecule has 0 radical (unpaired) electrons. The zero-order valence-electron chi connectivity index (χ0n) is 11.9. The van der Waals surface area contributed by atoms with Gasteiger partial charge < -0.3 is 9.47 Å². The van der Waals surface area contributed by atoms with Gasteiger partial charge in [-0.15, -0.1) is 0 Å². The Morgan fingerprint density at radius 2 is 1.57 bits per heavy atom. The van der Waals surface area contributed by atoms with E-state index in [0.717, 1.165) is 16.9 Å². The van der Waals surface area contributed by atoms with Gasteiger partial charge in [-0.2, -0.15) is 5.10 Å². The third-order valence-electron chi connectivity index (χ3n) is 2.86. The molecule has 0 aliphatic heterocycles. The molecule has 2 aromatic carbocycles. The number of carbonyl (C=O) groups excluding carboxylic acids is 1. The van der Waals surface area contributed by atoms with Crippen molar-refractivity contribution < 1.29 is 14.3 Å². The predicted octanol–water partition coefficient (Wildman–Crippen LogP) is 2.80. The van der Waals surface area contributed by atoms with Crippen LogP contribution in [0.1, 0.15) is 11.1 Å². The maximum atomic E-state index is 11.2. The molecule has 0 heterocycles. The highest BCUT2D eigenvalue weighted by Gasteiger charge is 2.08. The Balaban J connectivity index is 2.37. The molecule has 0 spiro atoms. The smallest absolute Gasteiger partial charge is 0.427 e. The molecule has 0 saturated heterocycles. The topological polar surface area (TPSA) is 59.9 Å². The van der Waals surface area contributed by atoms with Crippen LogP contribution < -0.4 is 10.2 Å². The Labute approximate surface area is 123 Å². The first-order valence-corrected chi connectivity index (χ1v) is 6.36. The van der Waals surface area contributed by atoms with Crippen LogP contribution in [-0.4, -0.2) is 26.0 Å². The summed E-state index contributed by atoms with van der Waals surface area (Å²) < 4.78 is 9.67. The van der Waals surface area contributed by atoms with E-state index in [2.05, 4.69) is 15.3 Å². The lowest BCUT2D eigenvalue weighted by Gasteiger charge is -2.08. The largest absolute Gasteiger partial charge is 0.497 e. The van der Waals surface area contributed by atoms with Gasteiger partial charge in [-0.3, -0.25) is 0 Å². The van der Waals surface area contributed by atoms with Crippen LogP contribution in [0.4, 0.5) is 4.79 Å². The van der Waals surface area contributed by atoms with Gasteiger partial charge in [0.2, 0.25) is 0 Å². The van der Waals surface area contributed by atoms with Crippen molar-refractivity contribution in [3.63, 3.8) is 0 Å². The SMILES string of the molecule is COC(=O)N/N=C(\c1ccccc1)c1ccc(OC)cc1. The Kier molecular flexibility index (Phi) is 4.93. The van der Waals surface area contributed by atoms with E-state index >= 15 is 0 Å². The minimum Gasteiger partial charge on any atom is -0.497 e. The summed E-state index contributed by atoms with van der Waals surface area (Å²) in [4.78, 5) is 11.2. The summed E-state index contributed by atoms with van der Waals surface area (Å²) in [5.41, 5.74) is 4.74. The fraction of sp³-hybridized carbons (Fsp3) is 0.125. The molecule has 0 unspecified atom stereocenters. The molecular weight excluding hydrogens is 268 g/mol. The molecule has 5 heteroatoms. The van der Waals surface area contributed by atoms with Crippen LogP contribution >= 0.6 is 0 Å². The molecule has 2 aromatic rings. The number of hydrogen-bond acceptors (Lipinski definition) is 4. The molecule has 2 rings (SSSR count). The number of ether oxygens (including phenoxy) is 2. The minimum absolute atomic E-state index is 0.614. The fourth-order valence-electron chi connectivity index (χ4n) is 1.79. The van der Waals surface area contributed by atoms with Gasteiger partial charge in [0.25, 0.3) is 0 Å². The second-order valence-electron chi connectivity index (χ2n) is 4.16. The summed E-state index contributed by atoms with van der Waals surface area (Å²) in [6.07, 6.45) is -0.614. The maximum absolute atomic E-state index is 11.2. The van der Waals surface area contributed by atoms with Gasteiger partial charge in [-0.1, -0.05) is 30.3 Å². The summed E-state index contributed by atoms with van der Waals surface area (Å²) in [6, 6.07) is 17.0. The number of hydrogen-bond donors (Lipinski definition) is 1. The molecular formula is C16H16N2O3. The van der Waals surface area contributed by atoms with Gasteiger partial charge in [0.05, 0.1) is 19.9 Å². The molecule has 21 heavy (non-hydrogen) atoms. The molecule has 0 aliphatic rings. The van der Waals surface area contributed by atoms with Crippen LogP contribution in [-0.2, 0) is 4.74 Å². The van der Waals surface area contributed by atoms with Crippen molar-refractivity contribution in [2.75, 3.05) is 14.2 Å². The number of carbonyl (C=O) groups is 1. The number of amides is 1. The second-order valence-corrected chi connectivity index (χ2v) is 4.16. The lowest BCUT2D eigenvalue weighted by molar-refractivity contribution is 0.171. The first-order chi connectivity index (χ1) is 10.2. The molecule has 0 atom stereocenters. The Morgan fingerprint density at radius 3 is 2.14 bits per heavy atom. The van der Waals surface area contributed by atoms with E-state index in [9.17, 15) is 4.79 Å². The Morgan fingerprint density at radius 1 is 0.952 bits per heavy atom. The molecule has 0 aromatic heterocycles. The van der Waals surface area contributed by atoms with Crippen molar-refractivity contribution in [1.82, 2.24) is 5.43 Å². The maximum Gasteiger partial charge on any atom is 0.427 e. The number of nitrogens with zero attached hydrogens (tertiary/aromatic N) is 1. The van der Waals surface area contributed by atoms with E-state index in [1.54, 1.807) is 7.11 Å². The highest BCUT2D eigenvalue weighted by atomic mass is 16.5. The standard InChI is InChI=1S/C16H16N2O3/c1-20-14-10-8-13(9-11-14)15(17-18-16(19)21-2)12-6-4-3-5-7-12/h3-11H,1-2H3,(H,18,19)/b17-15+. The van der Waals surface area contributed by atoms with Crippen molar-refractivity contribution in [3.05, 3.63) is 65.7 Å². The van der Waals surface area contributed by atoms with E-state index in [1.165, 1.54) is 7.11 Å². The van der Waals surface area contributed by atoms with E-state index in [-0.39, 0.29) is 0 Å². The van der Waals surface area contributed by atoms with Crippen molar-refractivity contribution in [2.45, 2.75) is 0 Å². The minimum atomic E-state index is -0.614. The highest BCUT2D eigenvalue weighted by Crippen LogP contribution is 2.15. The Bertz CT molecular complexity index is 622. The van der Waals surface area contributed by atoms with Crippen LogP contribution in [0.15, 0.2) is 59.7 Å². The Hall–Kier alpha value is -2.82. The van der Waals surface area contributed by atoms with Gasteiger partial charge in [0, 0.05) is 11.1 Å². The van der Waals surface area contributed by atoms with Crippen molar-refractivity contribution in [3.8, 4) is 5.75 Å². The van der Waals surface area contributed by atoms with Crippen molar-refractivity contribution in [2.24, 2.45) is 5.10 Å². The lowest BCUT2D eigenvalue weighted by Crippen LogP contribution is -2.20. The average Bonchev–Trinajstić information content (AvgIpc) is 2.56. The normalized spacial score (nSPS) is 10.9. The van der Waals surface area contributed by atoms with Crippen LogP contribution in [0.3, 0.4) is 0 Å². The molecule has 0 bridgehead atoms. The van der Waals surface area contributed by atoms with Gasteiger partial charge in [-0.05, 0) is 24.3 Å². The number of benzene rings is 2. The fourth-order valence-corrected chi connectivity index (χ4v) is 1.79. The van der Waals surface area contributed by atoms with E-state index in [1.807, 2.05) is 54.6 Å². The van der Waals surface area contributed by atoms with Crippen LogP contribution in [0, 0.1) is 0 Å². The van der Waals surface area contributed by atoms with E-state index in [4.69, 9.17) is 4.74 Å². The summed E-state index contributed by atoms with van der Waals surface area (Å²) in [5.74, 6) is 0.757. The predicted molar refractivity (Wildman–Crippen MR) is 80.6 cm³/mol. The molecule has 1 N–H and O–H groups in total. The zero-order valence-corrected chi connectivity index (χ0v) is 11.9.